The van der Waals surface area contributed by atoms with Gasteiger partial charge in [0.15, 0.2) is 6.10 Å². The lowest BCUT2D eigenvalue weighted by molar-refractivity contribution is -0.161. The highest BCUT2D eigenvalue weighted by molar-refractivity contribution is 7.47. The van der Waals surface area contributed by atoms with Crippen molar-refractivity contribution in [2.75, 3.05) is 19.8 Å². The van der Waals surface area contributed by atoms with Gasteiger partial charge in [-0.1, -0.05) is 197 Å². The fraction of sp³-hybridized carbons (Fsp3) is 0.771. The van der Waals surface area contributed by atoms with E-state index in [-0.39, 0.29) is 12.8 Å². The van der Waals surface area contributed by atoms with Crippen LogP contribution < -0.4 is 5.73 Å². The van der Waals surface area contributed by atoms with Crippen LogP contribution in [0.3, 0.4) is 0 Å². The summed E-state index contributed by atoms with van der Waals surface area (Å²) in [5.74, 6) is -2.63. The van der Waals surface area contributed by atoms with Crippen molar-refractivity contribution in [3.05, 3.63) is 48.6 Å². The van der Waals surface area contributed by atoms with E-state index in [0.29, 0.717) is 25.7 Å². The van der Waals surface area contributed by atoms with Crippen LogP contribution in [0.25, 0.3) is 0 Å². The average molecular weight is 900 g/mol. The normalized spacial score (nSPS) is 15.1. The Morgan fingerprint density at radius 1 is 0.565 bits per heavy atom. The molecule has 0 saturated heterocycles. The van der Waals surface area contributed by atoms with Gasteiger partial charge in [-0.2, -0.15) is 0 Å². The number of phosphoric acid groups is 1. The minimum Gasteiger partial charge on any atom is -0.480 e. The molecule has 62 heavy (non-hydrogen) atoms. The zero-order valence-electron chi connectivity index (χ0n) is 38.4. The van der Waals surface area contributed by atoms with E-state index in [2.05, 4.69) is 18.4 Å². The molecule has 1 unspecified atom stereocenters. The second kappa shape index (κ2) is 42.3. The summed E-state index contributed by atoms with van der Waals surface area (Å²) in [6, 6.07) is -1.56. The molecule has 0 aromatic rings. The minimum absolute atomic E-state index is 0.0259. The first-order valence-corrected chi connectivity index (χ1v) is 25.4. The quantitative estimate of drug-likeness (QED) is 0.0167. The van der Waals surface area contributed by atoms with Crippen LogP contribution in [0.5, 0.6) is 0 Å². The number of ether oxygens (including phenoxy) is 2. The molecule has 0 aromatic heterocycles. The Kier molecular flexibility index (Phi) is 40.5. The molecule has 14 heteroatoms. The van der Waals surface area contributed by atoms with E-state index >= 15 is 0 Å². The standard InChI is InChI=1S/C48H86NO12P/c1-3-5-7-8-9-10-11-12-13-14-15-16-17-18-19-20-24-27-31-37-47(53)61-44(40-59-62(56,57)60-41-45(49)48(54)55)39-58-46(52)38-32-36-43(51)35-30-26-23-21-22-25-29-34-42(50)33-28-6-4-2/h22-23,25-26,29-30,34-35,42-45,50-51H,3-21,24,27-28,31-33,36-41,49H2,1-2H3,(H,54,55)(H,56,57)/b25-22-,26-23-,34-29+,35-30+/t42-,43-,44+,45-/m0/s1. The third kappa shape index (κ3) is 41.4. The second-order valence-electron chi connectivity index (χ2n) is 16.3. The number of carboxylic acids is 1. The van der Waals surface area contributed by atoms with Gasteiger partial charge in [0.2, 0.25) is 0 Å². The molecule has 6 N–H and O–H groups in total. The highest BCUT2D eigenvalue weighted by atomic mass is 31.2. The third-order valence-corrected chi connectivity index (χ3v) is 11.2. The van der Waals surface area contributed by atoms with E-state index in [9.17, 15) is 34.1 Å². The van der Waals surface area contributed by atoms with Crippen molar-refractivity contribution in [2.45, 2.75) is 218 Å². The van der Waals surface area contributed by atoms with Crippen LogP contribution in [0, 0.1) is 0 Å². The van der Waals surface area contributed by atoms with Crippen LogP contribution in [0.2, 0.25) is 0 Å². The Hall–Kier alpha value is -2.64. The van der Waals surface area contributed by atoms with E-state index < -0.39 is 69.9 Å². The maximum Gasteiger partial charge on any atom is 0.472 e. The van der Waals surface area contributed by atoms with E-state index in [0.717, 1.165) is 44.9 Å². The van der Waals surface area contributed by atoms with Crippen LogP contribution in [-0.4, -0.2) is 82.3 Å². The van der Waals surface area contributed by atoms with Crippen molar-refractivity contribution in [1.29, 1.82) is 0 Å². The number of hydrogen-bond donors (Lipinski definition) is 5. The summed E-state index contributed by atoms with van der Waals surface area (Å²) in [5, 5.41) is 29.1. The summed E-state index contributed by atoms with van der Waals surface area (Å²) in [6.07, 6.45) is 41.0. The minimum atomic E-state index is -4.77. The third-order valence-electron chi connectivity index (χ3n) is 10.3. The van der Waals surface area contributed by atoms with Crippen molar-refractivity contribution in [2.24, 2.45) is 5.73 Å². The van der Waals surface area contributed by atoms with Crippen LogP contribution in [0.1, 0.15) is 194 Å². The van der Waals surface area contributed by atoms with Crippen molar-refractivity contribution in [3.63, 3.8) is 0 Å². The lowest BCUT2D eigenvalue weighted by atomic mass is 10.0. The first-order chi connectivity index (χ1) is 29.9. The van der Waals surface area contributed by atoms with Crippen molar-refractivity contribution < 1.29 is 57.7 Å². The van der Waals surface area contributed by atoms with Crippen LogP contribution >= 0.6 is 7.82 Å². The molecule has 0 fully saturated rings. The highest BCUT2D eigenvalue weighted by Gasteiger charge is 2.28. The van der Waals surface area contributed by atoms with Gasteiger partial charge in [0.05, 0.1) is 25.4 Å². The van der Waals surface area contributed by atoms with Gasteiger partial charge >= 0.3 is 25.7 Å². The number of aliphatic hydroxyl groups excluding tert-OH is 2. The topological polar surface area (TPSA) is 212 Å². The number of allylic oxidation sites excluding steroid dienone is 6. The lowest BCUT2D eigenvalue weighted by Crippen LogP contribution is -2.34. The monoisotopic (exact) mass is 900 g/mol. The summed E-state index contributed by atoms with van der Waals surface area (Å²) in [6.45, 7) is 2.49. The molecule has 0 aliphatic heterocycles. The molecule has 0 heterocycles. The summed E-state index contributed by atoms with van der Waals surface area (Å²) in [4.78, 5) is 46.1. The average Bonchev–Trinajstić information content (AvgIpc) is 3.24. The molecule has 0 aliphatic carbocycles. The molecular weight excluding hydrogens is 813 g/mol. The van der Waals surface area contributed by atoms with E-state index in [1.807, 2.05) is 30.4 Å². The number of hydrogen-bond acceptors (Lipinski definition) is 11. The molecule has 0 aliphatic rings. The number of carboxylic acid groups (broad SMARTS) is 1. The van der Waals surface area contributed by atoms with Gasteiger partial charge in [0, 0.05) is 12.8 Å². The van der Waals surface area contributed by atoms with Crippen molar-refractivity contribution in [1.82, 2.24) is 0 Å². The Bertz CT molecular complexity index is 1270. The number of aliphatic hydroxyl groups is 2. The first kappa shape index (κ1) is 59.4. The largest absolute Gasteiger partial charge is 0.480 e. The van der Waals surface area contributed by atoms with Gasteiger partial charge < -0.3 is 35.4 Å². The fourth-order valence-electron chi connectivity index (χ4n) is 6.46. The molecular formula is C48H86NO12P. The molecule has 0 amide bonds. The number of carbonyl (C=O) groups excluding carboxylic acids is 2. The van der Waals surface area contributed by atoms with Gasteiger partial charge in [-0.15, -0.1) is 0 Å². The van der Waals surface area contributed by atoms with Gasteiger partial charge in [0.1, 0.15) is 12.6 Å². The number of aliphatic carboxylic acids is 1. The van der Waals surface area contributed by atoms with Gasteiger partial charge in [-0.25, -0.2) is 4.57 Å². The van der Waals surface area contributed by atoms with Gasteiger partial charge in [0.25, 0.3) is 0 Å². The number of phosphoric ester groups is 1. The summed E-state index contributed by atoms with van der Waals surface area (Å²) in [5.41, 5.74) is 5.33. The number of rotatable bonds is 44. The van der Waals surface area contributed by atoms with Gasteiger partial charge in [-0.3, -0.25) is 23.4 Å². The number of esters is 2. The summed E-state index contributed by atoms with van der Waals surface area (Å²) >= 11 is 0. The van der Waals surface area contributed by atoms with E-state index in [4.69, 9.17) is 24.8 Å². The molecule has 360 valence electrons. The molecule has 0 rings (SSSR count). The zero-order valence-corrected chi connectivity index (χ0v) is 39.3. The molecule has 0 bridgehead atoms. The van der Waals surface area contributed by atoms with Crippen molar-refractivity contribution >= 4 is 25.7 Å². The smallest absolute Gasteiger partial charge is 0.472 e. The van der Waals surface area contributed by atoms with E-state index in [1.165, 1.54) is 96.3 Å². The summed E-state index contributed by atoms with van der Waals surface area (Å²) in [7, 11) is -4.77. The molecule has 0 saturated carbocycles. The van der Waals surface area contributed by atoms with Crippen LogP contribution in [-0.2, 0) is 37.5 Å². The molecule has 5 atom stereocenters. The van der Waals surface area contributed by atoms with E-state index in [1.54, 1.807) is 18.2 Å². The summed E-state index contributed by atoms with van der Waals surface area (Å²) < 4.78 is 32.6. The predicted molar refractivity (Wildman–Crippen MR) is 247 cm³/mol. The maximum absolute atomic E-state index is 12.7. The Labute approximate surface area is 374 Å². The molecule has 13 nitrogen and oxygen atoms in total. The lowest BCUT2D eigenvalue weighted by Gasteiger charge is -2.20. The Morgan fingerprint density at radius 3 is 1.47 bits per heavy atom. The fourth-order valence-corrected chi connectivity index (χ4v) is 7.23. The molecule has 0 spiro atoms. The maximum atomic E-state index is 12.7. The highest BCUT2D eigenvalue weighted by Crippen LogP contribution is 2.43. The number of nitrogens with two attached hydrogens (primary N) is 1. The SMILES string of the molecule is CCCCCCCCCCCCCCCCCCCCCC(=O)O[C@H](COC(=O)CCC[C@@H](O)/C=C/C=C\C/C=C\C=C\[C@@H](O)CCCCC)COP(=O)(O)OC[C@H](N)C(=O)O. The Balaban J connectivity index is 4.49. The second-order valence-corrected chi connectivity index (χ2v) is 17.8. The van der Waals surface area contributed by atoms with Gasteiger partial charge in [-0.05, 0) is 32.1 Å². The number of unbranched alkanes of at least 4 members (excludes halogenated alkanes) is 20. The van der Waals surface area contributed by atoms with Crippen LogP contribution in [0.4, 0.5) is 0 Å². The van der Waals surface area contributed by atoms with Crippen LogP contribution in [0.15, 0.2) is 48.6 Å². The first-order valence-electron chi connectivity index (χ1n) is 23.9. The molecule has 0 radical (unpaired) electrons. The number of carbonyl (C=O) groups is 3. The Morgan fingerprint density at radius 2 is 0.984 bits per heavy atom. The predicted octanol–water partition coefficient (Wildman–Crippen LogP) is 10.9. The molecule has 0 aromatic carbocycles. The zero-order chi connectivity index (χ0) is 45.9. The van der Waals surface area contributed by atoms with Crippen molar-refractivity contribution in [3.8, 4) is 0 Å².